The van der Waals surface area contributed by atoms with Crippen molar-refractivity contribution in [2.24, 2.45) is 0 Å². The van der Waals surface area contributed by atoms with E-state index in [1.54, 1.807) is 0 Å². The maximum atomic E-state index is 12.4. The molecule has 0 N–H and O–H groups in total. The van der Waals surface area contributed by atoms with E-state index >= 15 is 0 Å². The van der Waals surface area contributed by atoms with Crippen molar-refractivity contribution in [3.8, 4) is 12.1 Å². The Bertz CT molecular complexity index is 615. The fraction of sp³-hybridized carbons (Fsp3) is 0.308. The summed E-state index contributed by atoms with van der Waals surface area (Å²) in [6.07, 6.45) is 0.257. The van der Waals surface area contributed by atoms with E-state index in [1.165, 1.54) is 23.1 Å². The molecular weight excluding hydrogens is 340 g/mol. The van der Waals surface area contributed by atoms with Crippen LogP contribution in [0.3, 0.4) is 0 Å². The summed E-state index contributed by atoms with van der Waals surface area (Å²) >= 11 is 3.18. The third kappa shape index (κ3) is 4.55. The van der Waals surface area contributed by atoms with Gasteiger partial charge in [0.25, 0.3) is 11.6 Å². The lowest BCUT2D eigenvalue weighted by atomic mass is 10.1. The molecule has 0 unspecified atom stereocenters. The van der Waals surface area contributed by atoms with Crippen LogP contribution in [0.2, 0.25) is 0 Å². The Balaban J connectivity index is 3.07. The molecule has 0 aliphatic heterocycles. The molecule has 108 valence electrons. The molecule has 0 aliphatic rings. The van der Waals surface area contributed by atoms with Gasteiger partial charge in [0, 0.05) is 29.7 Å². The average Bonchev–Trinajstić information content (AvgIpc) is 2.47. The quantitative estimate of drug-likeness (QED) is 0.578. The van der Waals surface area contributed by atoms with Crippen molar-refractivity contribution in [1.82, 2.24) is 4.90 Å². The Morgan fingerprint density at radius 2 is 1.86 bits per heavy atom. The van der Waals surface area contributed by atoms with Gasteiger partial charge >= 0.3 is 0 Å². The number of hydrogen-bond donors (Lipinski definition) is 0. The lowest BCUT2D eigenvalue weighted by molar-refractivity contribution is -0.384. The van der Waals surface area contributed by atoms with E-state index in [1.807, 2.05) is 12.1 Å². The Labute approximate surface area is 129 Å². The van der Waals surface area contributed by atoms with Gasteiger partial charge < -0.3 is 4.90 Å². The van der Waals surface area contributed by atoms with Crippen molar-refractivity contribution in [2.45, 2.75) is 12.8 Å². The number of non-ortho nitro benzene ring substituents is 1. The van der Waals surface area contributed by atoms with Crippen LogP contribution in [0.4, 0.5) is 5.69 Å². The lowest BCUT2D eigenvalue weighted by Gasteiger charge is -2.20. The molecule has 1 amide bonds. The van der Waals surface area contributed by atoms with Crippen molar-refractivity contribution in [3.63, 3.8) is 0 Å². The van der Waals surface area contributed by atoms with Gasteiger partial charge in [0.05, 0.1) is 35.5 Å². The third-order valence-corrected chi connectivity index (χ3v) is 3.36. The minimum absolute atomic E-state index is 0.129. The first-order chi connectivity index (χ1) is 10.0. The molecule has 0 aromatic heterocycles. The number of nitro benzene ring substituents is 1. The van der Waals surface area contributed by atoms with Crippen molar-refractivity contribution in [3.05, 3.63) is 38.3 Å². The van der Waals surface area contributed by atoms with Gasteiger partial charge in [-0.05, 0) is 22.0 Å². The first-order valence-electron chi connectivity index (χ1n) is 5.98. The number of rotatable bonds is 6. The van der Waals surface area contributed by atoms with Gasteiger partial charge in [-0.25, -0.2) is 0 Å². The van der Waals surface area contributed by atoms with Crippen LogP contribution in [0.15, 0.2) is 22.7 Å². The number of nitriles is 2. The zero-order chi connectivity index (χ0) is 15.8. The second-order valence-electron chi connectivity index (χ2n) is 4.03. The number of nitrogens with zero attached hydrogens (tertiary/aromatic N) is 4. The fourth-order valence-corrected chi connectivity index (χ4v) is 2.06. The molecule has 0 saturated heterocycles. The molecule has 0 radical (unpaired) electrons. The molecule has 21 heavy (non-hydrogen) atoms. The summed E-state index contributed by atoms with van der Waals surface area (Å²) in [5, 5.41) is 28.0. The summed E-state index contributed by atoms with van der Waals surface area (Å²) in [4.78, 5) is 23.9. The van der Waals surface area contributed by atoms with Gasteiger partial charge in [-0.1, -0.05) is 0 Å². The number of carbonyl (C=O) groups excluding carboxylic acids is 1. The minimum atomic E-state index is -0.585. The second-order valence-corrected chi connectivity index (χ2v) is 4.88. The van der Waals surface area contributed by atoms with Crippen LogP contribution in [0, 0.1) is 32.8 Å². The molecule has 0 heterocycles. The van der Waals surface area contributed by atoms with Crippen molar-refractivity contribution >= 4 is 27.5 Å². The topological polar surface area (TPSA) is 111 Å². The smallest absolute Gasteiger partial charge is 0.270 e. The maximum absolute atomic E-state index is 12.4. The molecule has 0 atom stereocenters. The number of nitro groups is 1. The summed E-state index contributed by atoms with van der Waals surface area (Å²) < 4.78 is 0.428. The highest BCUT2D eigenvalue weighted by molar-refractivity contribution is 9.10. The zero-order valence-corrected chi connectivity index (χ0v) is 12.5. The fourth-order valence-electron chi connectivity index (χ4n) is 1.65. The lowest BCUT2D eigenvalue weighted by Crippen LogP contribution is -2.33. The van der Waals surface area contributed by atoms with E-state index in [0.717, 1.165) is 0 Å². The van der Waals surface area contributed by atoms with Gasteiger partial charge in [0.2, 0.25) is 0 Å². The number of carbonyl (C=O) groups is 1. The molecule has 0 saturated carbocycles. The number of benzene rings is 1. The first kappa shape index (κ1) is 16.6. The van der Waals surface area contributed by atoms with E-state index in [0.29, 0.717) is 4.47 Å². The van der Waals surface area contributed by atoms with Crippen LogP contribution in [-0.2, 0) is 0 Å². The average molecular weight is 351 g/mol. The summed E-state index contributed by atoms with van der Waals surface area (Å²) in [6.45, 7) is 0.346. The summed E-state index contributed by atoms with van der Waals surface area (Å²) in [6, 6.07) is 7.75. The predicted octanol–water partition coefficient (Wildman–Crippen LogP) is 2.63. The van der Waals surface area contributed by atoms with Gasteiger partial charge in [-0.2, -0.15) is 10.5 Å². The van der Waals surface area contributed by atoms with E-state index in [-0.39, 0.29) is 37.2 Å². The van der Waals surface area contributed by atoms with E-state index < -0.39 is 10.8 Å². The number of hydrogen-bond acceptors (Lipinski definition) is 5. The van der Waals surface area contributed by atoms with Crippen LogP contribution in [0.25, 0.3) is 0 Å². The van der Waals surface area contributed by atoms with Crippen LogP contribution in [0.1, 0.15) is 23.2 Å². The zero-order valence-electron chi connectivity index (χ0n) is 11.0. The molecule has 8 heteroatoms. The van der Waals surface area contributed by atoms with Crippen molar-refractivity contribution < 1.29 is 9.72 Å². The second kappa shape index (κ2) is 7.98. The van der Waals surface area contributed by atoms with Crippen molar-refractivity contribution in [1.29, 1.82) is 10.5 Å². The highest BCUT2D eigenvalue weighted by Crippen LogP contribution is 2.24. The van der Waals surface area contributed by atoms with Crippen LogP contribution in [0.5, 0.6) is 0 Å². The van der Waals surface area contributed by atoms with Crippen molar-refractivity contribution in [2.75, 3.05) is 13.1 Å². The normalized spacial score (nSPS) is 9.48. The molecule has 0 aliphatic carbocycles. The number of halogens is 1. The van der Waals surface area contributed by atoms with Gasteiger partial charge in [-0.15, -0.1) is 0 Å². The third-order valence-electron chi connectivity index (χ3n) is 2.67. The molecule has 0 fully saturated rings. The summed E-state index contributed by atoms with van der Waals surface area (Å²) in [5.74, 6) is -0.448. The van der Waals surface area contributed by atoms with Gasteiger partial charge in [0.1, 0.15) is 0 Å². The molecule has 1 aromatic rings. The first-order valence-corrected chi connectivity index (χ1v) is 6.77. The SMILES string of the molecule is N#CCCN(CCC#N)C(=O)c1cc([N+](=O)[O-])ccc1Br. The van der Waals surface area contributed by atoms with E-state index in [4.69, 9.17) is 10.5 Å². The van der Waals surface area contributed by atoms with Crippen LogP contribution in [-0.4, -0.2) is 28.8 Å². The highest BCUT2D eigenvalue weighted by atomic mass is 79.9. The van der Waals surface area contributed by atoms with Gasteiger partial charge in [0.15, 0.2) is 0 Å². The molecule has 0 bridgehead atoms. The summed E-state index contributed by atoms with van der Waals surface area (Å²) in [5.41, 5.74) is -0.0536. The maximum Gasteiger partial charge on any atom is 0.270 e. The van der Waals surface area contributed by atoms with Gasteiger partial charge in [-0.3, -0.25) is 14.9 Å². The Morgan fingerprint density at radius 3 is 2.33 bits per heavy atom. The van der Waals surface area contributed by atoms with Crippen LogP contribution >= 0.6 is 15.9 Å². The Kier molecular flexibility index (Phi) is 6.31. The molecule has 1 rings (SSSR count). The number of amides is 1. The Hall–Kier alpha value is -2.45. The predicted molar refractivity (Wildman–Crippen MR) is 77.2 cm³/mol. The molecule has 7 nitrogen and oxygen atoms in total. The summed E-state index contributed by atoms with van der Waals surface area (Å²) in [7, 11) is 0. The largest absolute Gasteiger partial charge is 0.337 e. The highest BCUT2D eigenvalue weighted by Gasteiger charge is 2.20. The monoisotopic (exact) mass is 350 g/mol. The molecule has 0 spiro atoms. The Morgan fingerprint density at radius 1 is 1.29 bits per heavy atom. The minimum Gasteiger partial charge on any atom is -0.337 e. The standard InChI is InChI=1S/C13H11BrN4O3/c14-12-4-3-10(18(20)21)9-11(12)13(19)17(7-1-5-15)8-2-6-16/h3-4,9H,1-2,7-8H2. The molecular formula is C13H11BrN4O3. The van der Waals surface area contributed by atoms with Crippen LogP contribution < -0.4 is 0 Å². The van der Waals surface area contributed by atoms with E-state index in [9.17, 15) is 14.9 Å². The molecule has 1 aromatic carbocycles. The van der Waals surface area contributed by atoms with E-state index in [2.05, 4.69) is 15.9 Å².